The Hall–Kier alpha value is -2.17. The number of halogens is 1. The van der Waals surface area contributed by atoms with Gasteiger partial charge in [0.15, 0.2) is 5.82 Å². The summed E-state index contributed by atoms with van der Waals surface area (Å²) in [7, 11) is 0. The molecule has 0 saturated heterocycles. The van der Waals surface area contributed by atoms with Gasteiger partial charge in [-0.25, -0.2) is 9.07 Å². The average molecular weight is 219 g/mol. The highest BCUT2D eigenvalue weighted by Gasteiger charge is 2.08. The molecule has 16 heavy (non-hydrogen) atoms. The second kappa shape index (κ2) is 3.77. The molecule has 0 aliphatic rings. The second-order valence-electron chi connectivity index (χ2n) is 3.40. The van der Waals surface area contributed by atoms with E-state index < -0.39 is 5.82 Å². The van der Waals surface area contributed by atoms with Crippen molar-refractivity contribution in [2.45, 2.75) is 6.92 Å². The zero-order valence-electron chi connectivity index (χ0n) is 8.64. The van der Waals surface area contributed by atoms with Crippen LogP contribution in [0.1, 0.15) is 5.69 Å². The predicted molar refractivity (Wildman–Crippen MR) is 58.9 cm³/mol. The van der Waals surface area contributed by atoms with Crippen LogP contribution in [-0.4, -0.2) is 9.78 Å². The molecule has 0 aliphatic heterocycles. The molecule has 1 aromatic heterocycles. The van der Waals surface area contributed by atoms with Gasteiger partial charge < -0.3 is 5.73 Å². The van der Waals surface area contributed by atoms with E-state index in [-0.39, 0.29) is 16.9 Å². The third-order valence-electron chi connectivity index (χ3n) is 2.21. The molecular formula is C11H10FN3O. The maximum atomic E-state index is 13.5. The summed E-state index contributed by atoms with van der Waals surface area (Å²) in [5, 5.41) is 3.85. The maximum Gasteiger partial charge on any atom is 0.224 e. The predicted octanol–water partition coefficient (Wildman–Crippen LogP) is 1.26. The lowest BCUT2D eigenvalue weighted by atomic mass is 10.3. The van der Waals surface area contributed by atoms with Crippen LogP contribution in [0.5, 0.6) is 0 Å². The topological polar surface area (TPSA) is 60.9 Å². The van der Waals surface area contributed by atoms with Crippen molar-refractivity contribution >= 4 is 5.82 Å². The molecule has 0 spiro atoms. The molecule has 0 amide bonds. The molecule has 0 saturated carbocycles. The van der Waals surface area contributed by atoms with Crippen molar-refractivity contribution in [1.82, 2.24) is 9.78 Å². The van der Waals surface area contributed by atoms with Crippen LogP contribution >= 0.6 is 0 Å². The van der Waals surface area contributed by atoms with Crippen LogP contribution < -0.4 is 11.2 Å². The minimum atomic E-state index is -0.416. The molecule has 0 atom stereocenters. The van der Waals surface area contributed by atoms with Gasteiger partial charge in [-0.2, -0.15) is 0 Å². The van der Waals surface area contributed by atoms with Crippen LogP contribution in [0.25, 0.3) is 5.69 Å². The highest BCUT2D eigenvalue weighted by atomic mass is 19.1. The van der Waals surface area contributed by atoms with Gasteiger partial charge in [-0.05, 0) is 19.1 Å². The molecule has 0 fully saturated rings. The molecule has 0 bridgehead atoms. The maximum absolute atomic E-state index is 13.5. The molecule has 2 aromatic rings. The van der Waals surface area contributed by atoms with E-state index in [9.17, 15) is 9.18 Å². The fourth-order valence-electron chi connectivity index (χ4n) is 1.43. The van der Waals surface area contributed by atoms with E-state index >= 15 is 0 Å². The lowest BCUT2D eigenvalue weighted by Gasteiger charge is -2.10. The number of nitrogens with zero attached hydrogens (tertiary/aromatic N) is 2. The van der Waals surface area contributed by atoms with E-state index in [1.807, 2.05) is 0 Å². The number of anilines is 1. The summed E-state index contributed by atoms with van der Waals surface area (Å²) in [5.41, 5.74) is 5.86. The van der Waals surface area contributed by atoms with Crippen molar-refractivity contribution < 1.29 is 4.39 Å². The van der Waals surface area contributed by atoms with Gasteiger partial charge in [-0.3, -0.25) is 4.79 Å². The van der Waals surface area contributed by atoms with Crippen LogP contribution in [0.2, 0.25) is 0 Å². The Morgan fingerprint density at radius 2 is 2.06 bits per heavy atom. The molecule has 5 heteroatoms. The highest BCUT2D eigenvalue weighted by molar-refractivity contribution is 5.37. The van der Waals surface area contributed by atoms with Crippen LogP contribution in [0, 0.1) is 12.7 Å². The number of rotatable bonds is 1. The van der Waals surface area contributed by atoms with Crippen molar-refractivity contribution in [3.8, 4) is 5.69 Å². The summed E-state index contributed by atoms with van der Waals surface area (Å²) in [5.74, 6) is -0.560. The molecule has 82 valence electrons. The quantitative estimate of drug-likeness (QED) is 0.785. The van der Waals surface area contributed by atoms with Gasteiger partial charge in [0, 0.05) is 11.8 Å². The minimum absolute atomic E-state index is 0.145. The number of aryl methyl sites for hydroxylation is 1. The number of hydrogen-bond donors (Lipinski definition) is 1. The Kier molecular flexibility index (Phi) is 2.44. The van der Waals surface area contributed by atoms with Gasteiger partial charge >= 0.3 is 0 Å². The fourth-order valence-corrected chi connectivity index (χ4v) is 1.43. The van der Waals surface area contributed by atoms with Gasteiger partial charge in [0.1, 0.15) is 11.5 Å². The minimum Gasteiger partial charge on any atom is -0.379 e. The van der Waals surface area contributed by atoms with Gasteiger partial charge in [-0.1, -0.05) is 12.1 Å². The zero-order chi connectivity index (χ0) is 11.7. The average Bonchev–Trinajstić information content (AvgIpc) is 2.25. The molecule has 4 nitrogen and oxygen atoms in total. The summed E-state index contributed by atoms with van der Waals surface area (Å²) in [6.45, 7) is 1.67. The Balaban J connectivity index is 2.70. The normalized spacial score (nSPS) is 10.4. The van der Waals surface area contributed by atoms with Crippen molar-refractivity contribution in [3.63, 3.8) is 0 Å². The highest BCUT2D eigenvalue weighted by Crippen LogP contribution is 2.12. The number of benzene rings is 1. The Morgan fingerprint density at radius 1 is 1.38 bits per heavy atom. The first-order valence-electron chi connectivity index (χ1n) is 4.71. The van der Waals surface area contributed by atoms with Crippen LogP contribution in [-0.2, 0) is 0 Å². The molecule has 2 rings (SSSR count). The molecule has 0 unspecified atom stereocenters. The van der Waals surface area contributed by atoms with Gasteiger partial charge in [0.25, 0.3) is 0 Å². The number of para-hydroxylation sites is 1. The first-order valence-corrected chi connectivity index (χ1v) is 4.71. The molecule has 1 aromatic carbocycles. The fraction of sp³-hybridized carbons (Fsp3) is 0.0909. The van der Waals surface area contributed by atoms with E-state index in [0.717, 1.165) is 0 Å². The molecule has 0 aliphatic carbocycles. The lowest BCUT2D eigenvalue weighted by Crippen LogP contribution is -2.18. The van der Waals surface area contributed by atoms with Crippen molar-refractivity contribution in [1.29, 1.82) is 0 Å². The molecular weight excluding hydrogens is 209 g/mol. The number of nitrogens with two attached hydrogens (primary N) is 1. The van der Waals surface area contributed by atoms with E-state index in [0.29, 0.717) is 5.69 Å². The van der Waals surface area contributed by atoms with Gasteiger partial charge in [0.05, 0.1) is 0 Å². The molecule has 2 N–H and O–H groups in total. The van der Waals surface area contributed by atoms with Crippen LogP contribution in [0.3, 0.4) is 0 Å². The lowest BCUT2D eigenvalue weighted by molar-refractivity contribution is 0.606. The molecule has 1 heterocycles. The Bertz CT molecular complexity index is 592. The smallest absolute Gasteiger partial charge is 0.224 e. The third kappa shape index (κ3) is 1.67. The summed E-state index contributed by atoms with van der Waals surface area (Å²) < 4.78 is 14.8. The zero-order valence-corrected chi connectivity index (χ0v) is 8.64. The van der Waals surface area contributed by atoms with Crippen LogP contribution in [0.15, 0.2) is 35.1 Å². The molecule has 0 radical (unpaired) electrons. The largest absolute Gasteiger partial charge is 0.379 e. The van der Waals surface area contributed by atoms with Crippen molar-refractivity contribution in [2.24, 2.45) is 0 Å². The van der Waals surface area contributed by atoms with E-state index in [1.165, 1.54) is 16.8 Å². The summed E-state index contributed by atoms with van der Waals surface area (Å²) in [6, 6.07) is 7.49. The first-order chi connectivity index (χ1) is 7.59. The summed E-state index contributed by atoms with van der Waals surface area (Å²) in [4.78, 5) is 11.2. The third-order valence-corrected chi connectivity index (χ3v) is 2.21. The van der Waals surface area contributed by atoms with Crippen molar-refractivity contribution in [2.75, 3.05) is 5.73 Å². The SMILES string of the molecule is Cc1cc(=O)c(N)nn1-c1ccccc1F. The van der Waals surface area contributed by atoms with Crippen molar-refractivity contribution in [3.05, 3.63) is 52.1 Å². The Labute approximate surface area is 91.1 Å². The first kappa shape index (κ1) is 10.4. The van der Waals surface area contributed by atoms with E-state index in [2.05, 4.69) is 5.10 Å². The standard InChI is InChI=1S/C11H10FN3O/c1-7-6-10(16)11(13)14-15(7)9-5-3-2-4-8(9)12/h2-6H,1H3,(H2,13,14). The summed E-state index contributed by atoms with van der Waals surface area (Å²) in [6.07, 6.45) is 0. The summed E-state index contributed by atoms with van der Waals surface area (Å²) >= 11 is 0. The monoisotopic (exact) mass is 219 g/mol. The van der Waals surface area contributed by atoms with E-state index in [1.54, 1.807) is 25.1 Å². The number of nitrogen functional groups attached to an aromatic ring is 1. The second-order valence-corrected chi connectivity index (χ2v) is 3.40. The number of aromatic nitrogens is 2. The Morgan fingerprint density at radius 3 is 2.75 bits per heavy atom. The van der Waals surface area contributed by atoms with Crippen LogP contribution in [0.4, 0.5) is 10.2 Å². The number of hydrogen-bond acceptors (Lipinski definition) is 3. The van der Waals surface area contributed by atoms with Gasteiger partial charge in [0.2, 0.25) is 5.43 Å². The van der Waals surface area contributed by atoms with Gasteiger partial charge in [-0.15, -0.1) is 5.10 Å². The van der Waals surface area contributed by atoms with E-state index in [4.69, 9.17) is 5.73 Å².